The number of hydrogen-bond acceptors (Lipinski definition) is 4. The molecule has 4 nitrogen and oxygen atoms in total. The number of ether oxygens (including phenoxy) is 1. The lowest BCUT2D eigenvalue weighted by Gasteiger charge is -2.31. The normalized spacial score (nSPS) is 17.0. The Balaban J connectivity index is 1.76. The van der Waals surface area contributed by atoms with Gasteiger partial charge in [0, 0.05) is 31.2 Å². The zero-order chi connectivity index (χ0) is 17.8. The van der Waals surface area contributed by atoms with Crippen LogP contribution < -0.4 is 10.1 Å². The third kappa shape index (κ3) is 3.57. The van der Waals surface area contributed by atoms with Crippen LogP contribution >= 0.6 is 0 Å². The highest BCUT2D eigenvalue weighted by Gasteiger charge is 2.24. The summed E-state index contributed by atoms with van der Waals surface area (Å²) in [4.78, 5) is 7.28. The number of aromatic nitrogens is 1. The Morgan fingerprint density at radius 3 is 2.69 bits per heavy atom. The van der Waals surface area contributed by atoms with Gasteiger partial charge in [-0.2, -0.15) is 0 Å². The lowest BCUT2D eigenvalue weighted by atomic mass is 9.96. The van der Waals surface area contributed by atoms with Gasteiger partial charge in [0.25, 0.3) is 0 Å². The Morgan fingerprint density at radius 1 is 1.00 bits per heavy atom. The van der Waals surface area contributed by atoms with E-state index in [0.717, 1.165) is 43.9 Å². The Bertz CT molecular complexity index is 855. The van der Waals surface area contributed by atoms with Crippen molar-refractivity contribution < 1.29 is 4.74 Å². The highest BCUT2D eigenvalue weighted by molar-refractivity contribution is 5.79. The predicted molar refractivity (Wildman–Crippen MR) is 106 cm³/mol. The molecule has 1 unspecified atom stereocenters. The molecule has 1 fully saturated rings. The Labute approximate surface area is 154 Å². The number of fused-ring (bicyclic) bond motifs is 1. The number of nitrogens with zero attached hydrogens (tertiary/aromatic N) is 2. The van der Waals surface area contributed by atoms with Crippen LogP contribution in [-0.4, -0.2) is 43.2 Å². The lowest BCUT2D eigenvalue weighted by Crippen LogP contribution is -2.33. The van der Waals surface area contributed by atoms with Crippen LogP contribution in [0, 0.1) is 0 Å². The van der Waals surface area contributed by atoms with E-state index in [1.165, 1.54) is 16.5 Å². The van der Waals surface area contributed by atoms with Crippen LogP contribution in [0.3, 0.4) is 0 Å². The average molecular weight is 347 g/mol. The van der Waals surface area contributed by atoms with E-state index in [1.54, 1.807) is 7.11 Å². The van der Waals surface area contributed by atoms with Gasteiger partial charge in [-0.15, -0.1) is 0 Å². The number of para-hydroxylation sites is 1. The first-order chi connectivity index (χ1) is 12.8. The van der Waals surface area contributed by atoms with Crippen molar-refractivity contribution in [3.63, 3.8) is 0 Å². The summed E-state index contributed by atoms with van der Waals surface area (Å²) in [6, 6.07) is 19.3. The van der Waals surface area contributed by atoms with Crippen molar-refractivity contribution in [2.24, 2.45) is 0 Å². The van der Waals surface area contributed by atoms with Gasteiger partial charge in [-0.25, -0.2) is 0 Å². The average Bonchev–Trinajstić information content (AvgIpc) is 2.98. The Kier molecular flexibility index (Phi) is 5.14. The Hall–Kier alpha value is -2.43. The molecule has 1 saturated heterocycles. The van der Waals surface area contributed by atoms with E-state index in [1.807, 2.05) is 24.4 Å². The van der Waals surface area contributed by atoms with Gasteiger partial charge in [0.1, 0.15) is 5.75 Å². The molecule has 4 heteroatoms. The minimum atomic E-state index is 0.206. The van der Waals surface area contributed by atoms with Crippen LogP contribution in [0.1, 0.15) is 23.6 Å². The topological polar surface area (TPSA) is 37.4 Å². The van der Waals surface area contributed by atoms with E-state index >= 15 is 0 Å². The lowest BCUT2D eigenvalue weighted by molar-refractivity contribution is 0.241. The molecule has 1 aliphatic heterocycles. The molecule has 3 aromatic rings. The first-order valence-corrected chi connectivity index (χ1v) is 9.28. The van der Waals surface area contributed by atoms with Crippen molar-refractivity contribution in [2.75, 3.05) is 33.3 Å². The first kappa shape index (κ1) is 17.0. The second-order valence-electron chi connectivity index (χ2n) is 6.78. The molecule has 0 amide bonds. The van der Waals surface area contributed by atoms with Crippen molar-refractivity contribution in [2.45, 2.75) is 12.5 Å². The number of rotatable bonds is 4. The summed E-state index contributed by atoms with van der Waals surface area (Å²) in [7, 11) is 1.71. The molecular weight excluding hydrogens is 322 g/mol. The van der Waals surface area contributed by atoms with E-state index in [-0.39, 0.29) is 6.04 Å². The van der Waals surface area contributed by atoms with Gasteiger partial charge in [0.15, 0.2) is 0 Å². The zero-order valence-corrected chi connectivity index (χ0v) is 15.2. The molecule has 4 rings (SSSR count). The molecule has 1 aromatic heterocycles. The standard InChI is InChI=1S/C22H25N3O/c1-26-20-9-7-17(8-10-20)22(25-13-4-11-23-12-14-25)19-15-18-5-2-3-6-21(18)24-16-19/h2-3,5-10,15-16,22-23H,4,11-14H2,1H3. The molecule has 1 aliphatic rings. The third-order valence-electron chi connectivity index (χ3n) is 5.10. The zero-order valence-electron chi connectivity index (χ0n) is 15.2. The largest absolute Gasteiger partial charge is 0.497 e. The molecule has 2 heterocycles. The number of hydrogen-bond donors (Lipinski definition) is 1. The summed E-state index contributed by atoms with van der Waals surface area (Å²) in [5.41, 5.74) is 3.57. The minimum Gasteiger partial charge on any atom is -0.497 e. The van der Waals surface area contributed by atoms with Crippen molar-refractivity contribution in [3.05, 3.63) is 71.9 Å². The van der Waals surface area contributed by atoms with Crippen molar-refractivity contribution in [3.8, 4) is 5.75 Å². The second kappa shape index (κ2) is 7.85. The molecule has 0 spiro atoms. The molecule has 1 N–H and O–H groups in total. The van der Waals surface area contributed by atoms with Gasteiger partial charge >= 0.3 is 0 Å². The summed E-state index contributed by atoms with van der Waals surface area (Å²) in [5, 5.41) is 4.70. The SMILES string of the molecule is COc1ccc(C(c2cnc3ccccc3c2)N2CCCNCC2)cc1. The van der Waals surface area contributed by atoms with E-state index in [4.69, 9.17) is 9.72 Å². The number of nitrogens with one attached hydrogen (secondary N) is 1. The van der Waals surface area contributed by atoms with E-state index in [0.29, 0.717) is 0 Å². The second-order valence-corrected chi connectivity index (χ2v) is 6.78. The predicted octanol–water partition coefficient (Wildman–Crippen LogP) is 3.63. The fourth-order valence-electron chi connectivity index (χ4n) is 3.76. The number of methoxy groups -OCH3 is 1. The van der Waals surface area contributed by atoms with Crippen LogP contribution in [0.4, 0.5) is 0 Å². The van der Waals surface area contributed by atoms with E-state index < -0.39 is 0 Å². The van der Waals surface area contributed by atoms with Crippen molar-refractivity contribution >= 4 is 10.9 Å². The maximum atomic E-state index is 5.34. The van der Waals surface area contributed by atoms with Gasteiger partial charge in [0.05, 0.1) is 18.7 Å². The first-order valence-electron chi connectivity index (χ1n) is 9.28. The van der Waals surface area contributed by atoms with Gasteiger partial charge in [-0.05, 0) is 48.4 Å². The molecule has 1 atom stereocenters. The summed E-state index contributed by atoms with van der Waals surface area (Å²) in [6.07, 6.45) is 3.20. The highest BCUT2D eigenvalue weighted by Crippen LogP contribution is 2.31. The van der Waals surface area contributed by atoms with Gasteiger partial charge in [0.2, 0.25) is 0 Å². The monoisotopic (exact) mass is 347 g/mol. The highest BCUT2D eigenvalue weighted by atomic mass is 16.5. The van der Waals surface area contributed by atoms with Crippen LogP contribution in [0.5, 0.6) is 5.75 Å². The summed E-state index contributed by atoms with van der Waals surface area (Å²) in [5.74, 6) is 0.890. The molecule has 0 saturated carbocycles. The van der Waals surface area contributed by atoms with Crippen LogP contribution in [-0.2, 0) is 0 Å². The summed E-state index contributed by atoms with van der Waals surface area (Å²) < 4.78 is 5.34. The molecule has 26 heavy (non-hydrogen) atoms. The molecule has 0 bridgehead atoms. The van der Waals surface area contributed by atoms with Crippen LogP contribution in [0.2, 0.25) is 0 Å². The minimum absolute atomic E-state index is 0.206. The smallest absolute Gasteiger partial charge is 0.118 e. The molecular formula is C22H25N3O. The molecule has 2 aromatic carbocycles. The maximum Gasteiger partial charge on any atom is 0.118 e. The number of pyridine rings is 1. The Morgan fingerprint density at radius 2 is 1.85 bits per heavy atom. The van der Waals surface area contributed by atoms with Crippen molar-refractivity contribution in [1.82, 2.24) is 15.2 Å². The molecule has 134 valence electrons. The van der Waals surface area contributed by atoms with Gasteiger partial charge in [-0.3, -0.25) is 9.88 Å². The quantitative estimate of drug-likeness (QED) is 0.782. The van der Waals surface area contributed by atoms with Crippen molar-refractivity contribution in [1.29, 1.82) is 0 Å². The number of benzene rings is 2. The van der Waals surface area contributed by atoms with E-state index in [9.17, 15) is 0 Å². The fourth-order valence-corrected chi connectivity index (χ4v) is 3.76. The summed E-state index contributed by atoms with van der Waals surface area (Å²) >= 11 is 0. The van der Waals surface area contributed by atoms with Gasteiger partial charge in [-0.1, -0.05) is 30.3 Å². The van der Waals surface area contributed by atoms with Crippen LogP contribution in [0.25, 0.3) is 10.9 Å². The van der Waals surface area contributed by atoms with E-state index in [2.05, 4.69) is 46.6 Å². The van der Waals surface area contributed by atoms with Gasteiger partial charge < -0.3 is 10.1 Å². The van der Waals surface area contributed by atoms with Crippen LogP contribution in [0.15, 0.2) is 60.8 Å². The fraction of sp³-hybridized carbons (Fsp3) is 0.318. The molecule has 0 aliphatic carbocycles. The third-order valence-corrected chi connectivity index (χ3v) is 5.10. The summed E-state index contributed by atoms with van der Waals surface area (Å²) in [6.45, 7) is 4.22. The maximum absolute atomic E-state index is 5.34. The molecule has 0 radical (unpaired) electrons.